The molecule has 0 bridgehead atoms. The number of nitrogens with one attached hydrogen (secondary N) is 1. The fourth-order valence-electron chi connectivity index (χ4n) is 8.85. The Labute approximate surface area is 204 Å². The monoisotopic (exact) mass is 497 g/mol. The summed E-state index contributed by atoms with van der Waals surface area (Å²) in [5, 5.41) is 12.8. The van der Waals surface area contributed by atoms with Crippen LogP contribution in [0.15, 0.2) is 0 Å². The Morgan fingerprint density at radius 2 is 1.79 bits per heavy atom. The van der Waals surface area contributed by atoms with E-state index in [1.807, 2.05) is 0 Å². The van der Waals surface area contributed by atoms with Gasteiger partial charge in [0.15, 0.2) is 0 Å². The molecule has 4 rings (SSSR count). The van der Waals surface area contributed by atoms with Gasteiger partial charge in [-0.2, -0.15) is 8.42 Å². The van der Waals surface area contributed by atoms with Crippen LogP contribution in [0.2, 0.25) is 0 Å². The van der Waals surface area contributed by atoms with Crippen LogP contribution in [-0.2, 0) is 19.7 Å². The molecule has 8 heteroatoms. The van der Waals surface area contributed by atoms with Crippen molar-refractivity contribution in [3.8, 4) is 0 Å². The fraction of sp³-hybridized carbons (Fsp3) is 0.923. The third-order valence-corrected chi connectivity index (χ3v) is 11.4. The summed E-state index contributed by atoms with van der Waals surface area (Å²) in [5.41, 5.74) is 0.290. The lowest BCUT2D eigenvalue weighted by atomic mass is 9.44. The number of aliphatic hydroxyl groups is 1. The summed E-state index contributed by atoms with van der Waals surface area (Å²) in [6.07, 6.45) is 8.54. The summed E-state index contributed by atoms with van der Waals surface area (Å²) >= 11 is 0. The van der Waals surface area contributed by atoms with Gasteiger partial charge in [0.05, 0.1) is 11.9 Å². The number of fused-ring (bicyclic) bond motifs is 5. The summed E-state index contributed by atoms with van der Waals surface area (Å²) in [5.74, 6) is 1.95. The van der Waals surface area contributed by atoms with Crippen molar-refractivity contribution < 1.29 is 27.7 Å². The Morgan fingerprint density at radius 3 is 2.50 bits per heavy atom. The zero-order valence-electron chi connectivity index (χ0n) is 21.0. The lowest BCUT2D eigenvalue weighted by Crippen LogP contribution is -2.57. The third-order valence-electron chi connectivity index (χ3n) is 10.7. The van der Waals surface area contributed by atoms with Crippen LogP contribution in [0, 0.1) is 46.3 Å². The maximum atomic E-state index is 13.5. The molecule has 0 aliphatic heterocycles. The minimum atomic E-state index is -4.07. The molecule has 0 spiro atoms. The summed E-state index contributed by atoms with van der Waals surface area (Å²) in [6.45, 7) is 6.93. The van der Waals surface area contributed by atoms with Crippen molar-refractivity contribution in [2.75, 3.05) is 12.3 Å². The molecule has 0 aromatic carbocycles. The molecular weight excluding hydrogens is 454 g/mol. The first-order chi connectivity index (χ1) is 15.8. The van der Waals surface area contributed by atoms with Gasteiger partial charge in [-0.15, -0.1) is 0 Å². The molecule has 0 radical (unpaired) electrons. The van der Waals surface area contributed by atoms with Gasteiger partial charge < -0.3 is 10.4 Å². The second-order valence-corrected chi connectivity index (χ2v) is 14.0. The SMILES string of the molecule is C[C@H](CCC(=O)NCCS(=O)(=O)O)[C@H]1CCC2[C@@H]3C(=O)C[C@@H]4C[C@H](O)CC[C@]4(C)[C@H]3CC[C@@]21C. The molecule has 194 valence electrons. The summed E-state index contributed by atoms with van der Waals surface area (Å²) in [7, 11) is -4.07. The van der Waals surface area contributed by atoms with E-state index in [1.54, 1.807) is 0 Å². The Balaban J connectivity index is 1.39. The van der Waals surface area contributed by atoms with E-state index >= 15 is 0 Å². The van der Waals surface area contributed by atoms with Gasteiger partial charge >= 0.3 is 0 Å². The molecule has 0 saturated heterocycles. The molecule has 9 atom stereocenters. The number of amides is 1. The normalized spacial score (nSPS) is 42.9. The van der Waals surface area contributed by atoms with Crippen LogP contribution in [0.25, 0.3) is 0 Å². The molecule has 0 aromatic rings. The summed E-state index contributed by atoms with van der Waals surface area (Å²) < 4.78 is 30.5. The van der Waals surface area contributed by atoms with Gasteiger partial charge in [-0.25, -0.2) is 0 Å². The predicted molar refractivity (Wildman–Crippen MR) is 129 cm³/mol. The maximum Gasteiger partial charge on any atom is 0.266 e. The first-order valence-electron chi connectivity index (χ1n) is 13.3. The fourth-order valence-corrected chi connectivity index (χ4v) is 9.21. The minimum absolute atomic E-state index is 0.0722. The summed E-state index contributed by atoms with van der Waals surface area (Å²) in [4.78, 5) is 25.7. The highest BCUT2D eigenvalue weighted by atomic mass is 32.2. The van der Waals surface area contributed by atoms with Crippen LogP contribution in [0.4, 0.5) is 0 Å². The molecule has 1 unspecified atom stereocenters. The van der Waals surface area contributed by atoms with E-state index in [0.717, 1.165) is 51.4 Å². The number of aliphatic hydroxyl groups excluding tert-OH is 1. The first kappa shape index (κ1) is 26.1. The third kappa shape index (κ3) is 4.83. The number of ketones is 1. The standard InChI is InChI=1S/C26H43NO6S/c1-16(4-7-23(30)27-12-13-34(31,32)33)19-5-6-20-24-21(9-11-26(19,20)3)25(2)10-8-18(28)14-17(25)15-22(24)29/h16-21,24,28H,4-15H2,1-3H3,(H,27,30)(H,31,32,33)/t16-,17+,18-,19-,20?,21+,24+,25+,26-/m1/s1. The molecule has 0 aromatic heterocycles. The zero-order valence-corrected chi connectivity index (χ0v) is 21.8. The average Bonchev–Trinajstić information content (AvgIpc) is 3.09. The van der Waals surface area contributed by atoms with Crippen molar-refractivity contribution in [2.45, 2.75) is 91.1 Å². The average molecular weight is 498 g/mol. The first-order valence-corrected chi connectivity index (χ1v) is 14.9. The molecule has 1 amide bonds. The van der Waals surface area contributed by atoms with E-state index in [4.69, 9.17) is 4.55 Å². The van der Waals surface area contributed by atoms with Crippen molar-refractivity contribution >= 4 is 21.8 Å². The maximum absolute atomic E-state index is 13.5. The molecule has 4 aliphatic rings. The van der Waals surface area contributed by atoms with E-state index in [1.165, 1.54) is 0 Å². The van der Waals surface area contributed by atoms with Crippen LogP contribution in [0.3, 0.4) is 0 Å². The molecule has 4 fully saturated rings. The largest absolute Gasteiger partial charge is 0.393 e. The van der Waals surface area contributed by atoms with Crippen LogP contribution in [-0.4, -0.2) is 48.2 Å². The second-order valence-electron chi connectivity index (χ2n) is 12.4. The summed E-state index contributed by atoms with van der Waals surface area (Å²) in [6, 6.07) is 0. The van der Waals surface area contributed by atoms with E-state index in [2.05, 4.69) is 26.1 Å². The Hall–Kier alpha value is -0.990. The van der Waals surface area contributed by atoms with Gasteiger partial charge in [-0.05, 0) is 91.8 Å². The Morgan fingerprint density at radius 1 is 1.12 bits per heavy atom. The van der Waals surface area contributed by atoms with Crippen molar-refractivity contribution in [3.63, 3.8) is 0 Å². The van der Waals surface area contributed by atoms with Gasteiger partial charge in [-0.1, -0.05) is 20.8 Å². The molecule has 3 N–H and O–H groups in total. The Bertz CT molecular complexity index is 905. The molecule has 0 heterocycles. The number of carbonyl (C=O) groups is 2. The smallest absolute Gasteiger partial charge is 0.266 e. The number of hydrogen-bond acceptors (Lipinski definition) is 5. The van der Waals surface area contributed by atoms with E-state index in [-0.39, 0.29) is 35.3 Å². The molecule has 34 heavy (non-hydrogen) atoms. The van der Waals surface area contributed by atoms with Crippen molar-refractivity contribution in [3.05, 3.63) is 0 Å². The van der Waals surface area contributed by atoms with Gasteiger partial charge in [0, 0.05) is 25.3 Å². The number of rotatable bonds is 7. The van der Waals surface area contributed by atoms with E-state index in [9.17, 15) is 23.1 Å². The number of hydrogen-bond donors (Lipinski definition) is 3. The number of Topliss-reactive ketones (excluding diaryl/α,β-unsaturated/α-hetero) is 1. The van der Waals surface area contributed by atoms with E-state index < -0.39 is 15.9 Å². The van der Waals surface area contributed by atoms with Gasteiger partial charge in [0.25, 0.3) is 10.1 Å². The minimum Gasteiger partial charge on any atom is -0.393 e. The van der Waals surface area contributed by atoms with Crippen LogP contribution in [0.5, 0.6) is 0 Å². The molecule has 7 nitrogen and oxygen atoms in total. The zero-order chi connectivity index (χ0) is 24.9. The quantitative estimate of drug-likeness (QED) is 0.462. The van der Waals surface area contributed by atoms with Gasteiger partial charge in [0.2, 0.25) is 5.91 Å². The molecule has 4 saturated carbocycles. The van der Waals surface area contributed by atoms with Crippen molar-refractivity contribution in [2.24, 2.45) is 46.3 Å². The van der Waals surface area contributed by atoms with Gasteiger partial charge in [0.1, 0.15) is 5.78 Å². The van der Waals surface area contributed by atoms with Gasteiger partial charge in [-0.3, -0.25) is 14.1 Å². The van der Waals surface area contributed by atoms with Crippen molar-refractivity contribution in [1.82, 2.24) is 5.32 Å². The predicted octanol–water partition coefficient (Wildman–Crippen LogP) is 3.61. The lowest BCUT2D eigenvalue weighted by molar-refractivity contribution is -0.160. The van der Waals surface area contributed by atoms with E-state index in [0.29, 0.717) is 48.2 Å². The lowest BCUT2D eigenvalue weighted by Gasteiger charge is -2.60. The van der Waals surface area contributed by atoms with Crippen LogP contribution in [0.1, 0.15) is 85.0 Å². The second kappa shape index (κ2) is 9.47. The highest BCUT2D eigenvalue weighted by Crippen LogP contribution is 2.67. The Kier molecular flexibility index (Phi) is 7.27. The number of carbonyl (C=O) groups excluding carboxylic acids is 2. The van der Waals surface area contributed by atoms with Crippen molar-refractivity contribution in [1.29, 1.82) is 0 Å². The topological polar surface area (TPSA) is 121 Å². The van der Waals surface area contributed by atoms with Crippen LogP contribution < -0.4 is 5.32 Å². The molecule has 4 aliphatic carbocycles. The van der Waals surface area contributed by atoms with Crippen LogP contribution >= 0.6 is 0 Å². The highest BCUT2D eigenvalue weighted by molar-refractivity contribution is 7.85. The highest BCUT2D eigenvalue weighted by Gasteiger charge is 2.63. The molecular formula is C26H43NO6S.